The van der Waals surface area contributed by atoms with Crippen molar-refractivity contribution in [1.82, 2.24) is 5.32 Å². The second-order valence-corrected chi connectivity index (χ2v) is 7.28. The van der Waals surface area contributed by atoms with Crippen LogP contribution in [0.25, 0.3) is 0 Å². The van der Waals surface area contributed by atoms with Gasteiger partial charge in [0.25, 0.3) is 0 Å². The Morgan fingerprint density at radius 1 is 1.19 bits per heavy atom. The lowest BCUT2D eigenvalue weighted by atomic mass is 9.82. The third-order valence-electron chi connectivity index (χ3n) is 5.36. The molecular formula is C21H22F3NO2. The van der Waals surface area contributed by atoms with Crippen molar-refractivity contribution in [2.45, 2.75) is 37.9 Å². The molecule has 6 heteroatoms. The number of rotatable bonds is 5. The molecule has 0 radical (unpaired) electrons. The first-order valence-corrected chi connectivity index (χ1v) is 8.87. The Labute approximate surface area is 156 Å². The third-order valence-corrected chi connectivity index (χ3v) is 5.36. The van der Waals surface area contributed by atoms with Crippen molar-refractivity contribution in [3.63, 3.8) is 0 Å². The van der Waals surface area contributed by atoms with Crippen LogP contribution in [0.1, 0.15) is 35.1 Å². The van der Waals surface area contributed by atoms with E-state index in [1.54, 1.807) is 12.1 Å². The number of aryl methyl sites for hydroxylation is 1. The molecule has 0 unspecified atom stereocenters. The van der Waals surface area contributed by atoms with Crippen LogP contribution in [-0.4, -0.2) is 23.8 Å². The van der Waals surface area contributed by atoms with Gasteiger partial charge in [-0.1, -0.05) is 48.5 Å². The maximum atomic E-state index is 13.1. The Morgan fingerprint density at radius 3 is 2.41 bits per heavy atom. The Kier molecular flexibility index (Phi) is 5.29. The Morgan fingerprint density at radius 2 is 1.85 bits per heavy atom. The average molecular weight is 377 g/mol. The Bertz CT molecular complexity index is 817. The zero-order valence-electron chi connectivity index (χ0n) is 15.0. The Hall–Kier alpha value is -2.34. The fraction of sp³-hybridized carbons (Fsp3) is 0.381. The number of halogens is 3. The zero-order valence-corrected chi connectivity index (χ0v) is 15.0. The first-order valence-electron chi connectivity index (χ1n) is 8.87. The molecule has 1 heterocycles. The highest BCUT2D eigenvalue weighted by Gasteiger charge is 2.51. The number of carboxylic acids is 1. The fourth-order valence-electron chi connectivity index (χ4n) is 3.80. The van der Waals surface area contributed by atoms with Crippen LogP contribution in [-0.2, 0) is 16.8 Å². The maximum absolute atomic E-state index is 13.1. The number of carbonyl (C=O) groups is 1. The lowest BCUT2D eigenvalue weighted by Crippen LogP contribution is -2.38. The lowest BCUT2D eigenvalue weighted by molar-refractivity contribution is -0.170. The normalized spacial score (nSPS) is 22.7. The van der Waals surface area contributed by atoms with Crippen LogP contribution in [0.4, 0.5) is 13.2 Å². The number of nitrogens with one attached hydrogen (secondary N) is 1. The van der Waals surface area contributed by atoms with Gasteiger partial charge in [0.15, 0.2) is 0 Å². The van der Waals surface area contributed by atoms with Crippen LogP contribution in [0.3, 0.4) is 0 Å². The highest BCUT2D eigenvalue weighted by Crippen LogP contribution is 2.43. The summed E-state index contributed by atoms with van der Waals surface area (Å²) in [7, 11) is 0. The molecule has 2 atom stereocenters. The van der Waals surface area contributed by atoms with Gasteiger partial charge >= 0.3 is 12.1 Å². The first kappa shape index (κ1) is 19.4. The molecule has 27 heavy (non-hydrogen) atoms. The van der Waals surface area contributed by atoms with Gasteiger partial charge in [0.1, 0.15) is 0 Å². The average Bonchev–Trinajstić information content (AvgIpc) is 3.02. The largest absolute Gasteiger partial charge is 0.481 e. The SMILES string of the molecule is Cc1ccccc1Cc1ccc([C@@]2(CC(=O)O)C[C@H](C(F)(F)F)CN2)cc1. The molecule has 0 spiro atoms. The Balaban J connectivity index is 1.84. The van der Waals surface area contributed by atoms with E-state index in [9.17, 15) is 23.1 Å². The molecule has 1 saturated heterocycles. The minimum Gasteiger partial charge on any atom is -0.481 e. The number of aliphatic carboxylic acids is 1. The van der Waals surface area contributed by atoms with Crippen LogP contribution in [0.15, 0.2) is 48.5 Å². The molecule has 2 aromatic rings. The van der Waals surface area contributed by atoms with E-state index < -0.39 is 23.6 Å². The zero-order chi connectivity index (χ0) is 19.7. The van der Waals surface area contributed by atoms with Crippen molar-refractivity contribution in [1.29, 1.82) is 0 Å². The van der Waals surface area contributed by atoms with Crippen molar-refractivity contribution in [2.75, 3.05) is 6.54 Å². The summed E-state index contributed by atoms with van der Waals surface area (Å²) in [5.74, 6) is -2.65. The summed E-state index contributed by atoms with van der Waals surface area (Å²) < 4.78 is 39.3. The van der Waals surface area contributed by atoms with Crippen molar-refractivity contribution < 1.29 is 23.1 Å². The molecule has 0 bridgehead atoms. The summed E-state index contributed by atoms with van der Waals surface area (Å²) in [6, 6.07) is 15.3. The predicted octanol–water partition coefficient (Wildman–Crippen LogP) is 4.43. The highest BCUT2D eigenvalue weighted by molar-refractivity contribution is 5.69. The number of hydrogen-bond donors (Lipinski definition) is 2. The molecule has 0 aliphatic carbocycles. The monoisotopic (exact) mass is 377 g/mol. The molecular weight excluding hydrogens is 355 g/mol. The number of benzene rings is 2. The summed E-state index contributed by atoms with van der Waals surface area (Å²) in [6.07, 6.45) is -4.26. The number of carboxylic acid groups (broad SMARTS) is 1. The van der Waals surface area contributed by atoms with E-state index in [1.807, 2.05) is 43.3 Å². The lowest BCUT2D eigenvalue weighted by Gasteiger charge is -2.29. The quantitative estimate of drug-likeness (QED) is 0.811. The standard InChI is InChI=1S/C21H22F3NO2/c1-14-4-2-3-5-16(14)10-15-6-8-17(9-7-15)20(12-19(26)27)11-18(13-25-20)21(22,23)24/h2-9,18,25H,10-13H2,1H3,(H,26,27)/t18-,20-/m0/s1. The summed E-state index contributed by atoms with van der Waals surface area (Å²) >= 11 is 0. The molecule has 0 amide bonds. The number of hydrogen-bond acceptors (Lipinski definition) is 2. The van der Waals surface area contributed by atoms with E-state index in [0.29, 0.717) is 5.56 Å². The first-order chi connectivity index (χ1) is 12.7. The van der Waals surface area contributed by atoms with Crippen molar-refractivity contribution in [3.8, 4) is 0 Å². The third kappa shape index (κ3) is 4.33. The van der Waals surface area contributed by atoms with Gasteiger partial charge in [-0.05, 0) is 42.0 Å². The summed E-state index contributed by atoms with van der Waals surface area (Å²) in [5, 5.41) is 12.1. The van der Waals surface area contributed by atoms with E-state index >= 15 is 0 Å². The molecule has 1 fully saturated rings. The fourth-order valence-corrected chi connectivity index (χ4v) is 3.80. The summed E-state index contributed by atoms with van der Waals surface area (Å²) in [6.45, 7) is 1.77. The molecule has 0 aromatic heterocycles. The smallest absolute Gasteiger partial charge is 0.393 e. The van der Waals surface area contributed by atoms with Gasteiger partial charge in [-0.3, -0.25) is 4.79 Å². The van der Waals surface area contributed by atoms with Crippen LogP contribution in [0.5, 0.6) is 0 Å². The van der Waals surface area contributed by atoms with Gasteiger partial charge in [0, 0.05) is 6.54 Å². The van der Waals surface area contributed by atoms with Crippen LogP contribution >= 0.6 is 0 Å². The molecule has 1 aliphatic heterocycles. The maximum Gasteiger partial charge on any atom is 0.393 e. The van der Waals surface area contributed by atoms with E-state index in [4.69, 9.17) is 0 Å². The van der Waals surface area contributed by atoms with Crippen molar-refractivity contribution >= 4 is 5.97 Å². The van der Waals surface area contributed by atoms with Crippen LogP contribution in [0.2, 0.25) is 0 Å². The second-order valence-electron chi connectivity index (χ2n) is 7.28. The second kappa shape index (κ2) is 7.35. The van der Waals surface area contributed by atoms with Crippen LogP contribution in [0, 0.1) is 12.8 Å². The predicted molar refractivity (Wildman–Crippen MR) is 96.5 cm³/mol. The minimum atomic E-state index is -4.34. The van der Waals surface area contributed by atoms with Gasteiger partial charge < -0.3 is 10.4 Å². The molecule has 2 aromatic carbocycles. The van der Waals surface area contributed by atoms with Crippen molar-refractivity contribution in [2.24, 2.45) is 5.92 Å². The molecule has 144 valence electrons. The van der Waals surface area contributed by atoms with Gasteiger partial charge in [-0.2, -0.15) is 13.2 Å². The van der Waals surface area contributed by atoms with Gasteiger partial charge in [-0.25, -0.2) is 0 Å². The molecule has 0 saturated carbocycles. The summed E-state index contributed by atoms with van der Waals surface area (Å²) in [5.41, 5.74) is 2.79. The van der Waals surface area contributed by atoms with Gasteiger partial charge in [-0.15, -0.1) is 0 Å². The molecule has 3 nitrogen and oxygen atoms in total. The van der Waals surface area contributed by atoms with E-state index in [0.717, 1.165) is 12.0 Å². The van der Waals surface area contributed by atoms with Crippen molar-refractivity contribution in [3.05, 3.63) is 70.8 Å². The van der Waals surface area contributed by atoms with E-state index in [2.05, 4.69) is 5.32 Å². The summed E-state index contributed by atoms with van der Waals surface area (Å²) in [4.78, 5) is 11.3. The minimum absolute atomic E-state index is 0.262. The van der Waals surface area contributed by atoms with E-state index in [1.165, 1.54) is 11.1 Å². The van der Waals surface area contributed by atoms with Gasteiger partial charge in [0.2, 0.25) is 0 Å². The highest BCUT2D eigenvalue weighted by atomic mass is 19.4. The topological polar surface area (TPSA) is 49.3 Å². The molecule has 3 rings (SSSR count). The van der Waals surface area contributed by atoms with E-state index in [-0.39, 0.29) is 19.4 Å². The molecule has 2 N–H and O–H groups in total. The number of alkyl halides is 3. The van der Waals surface area contributed by atoms with Gasteiger partial charge in [0.05, 0.1) is 17.9 Å². The molecule has 1 aliphatic rings. The van der Waals surface area contributed by atoms with Crippen LogP contribution < -0.4 is 5.32 Å².